The Bertz CT molecular complexity index is 1830. The normalized spacial score (nSPS) is 9.71. The highest BCUT2D eigenvalue weighted by molar-refractivity contribution is 5.97. The third kappa shape index (κ3) is 28.4. The first-order valence-electron chi connectivity index (χ1n) is 23.2. The first-order valence-corrected chi connectivity index (χ1v) is 23.2. The molecular weight excluding hydrogens is 849 g/mol. The molecule has 0 saturated heterocycles. The van der Waals surface area contributed by atoms with Gasteiger partial charge in [-0.05, 0) is 73.2 Å². The Morgan fingerprint density at radius 2 is 0.868 bits per heavy atom. The lowest BCUT2D eigenvalue weighted by molar-refractivity contribution is -0.140. The van der Waals surface area contributed by atoms with Gasteiger partial charge in [0.15, 0.2) is 12.4 Å². The fraction of sp³-hybridized carbons (Fsp3) is 0.373. The zero-order chi connectivity index (χ0) is 50.8. The molecule has 9 nitrogen and oxygen atoms in total. The van der Waals surface area contributed by atoms with Gasteiger partial charge in [0, 0.05) is 68.1 Å². The maximum atomic E-state index is 11.3. The van der Waals surface area contributed by atoms with Crippen LogP contribution in [0.3, 0.4) is 0 Å². The smallest absolute Gasteiger partial charge is 0.303 e. The number of carboxylic acids is 1. The van der Waals surface area contributed by atoms with Gasteiger partial charge < -0.3 is 29.1 Å². The Morgan fingerprint density at radius 1 is 0.544 bits per heavy atom. The molecule has 1 N–H and O–H groups in total. The third-order valence-electron chi connectivity index (χ3n) is 9.64. The molecule has 0 aromatic heterocycles. The molecule has 0 atom stereocenters. The van der Waals surface area contributed by atoms with Crippen molar-refractivity contribution in [1.82, 2.24) is 0 Å². The van der Waals surface area contributed by atoms with Gasteiger partial charge >= 0.3 is 5.97 Å². The fourth-order valence-corrected chi connectivity index (χ4v) is 6.18. The van der Waals surface area contributed by atoms with Crippen molar-refractivity contribution in [3.05, 3.63) is 158 Å². The first-order chi connectivity index (χ1) is 32.5. The van der Waals surface area contributed by atoms with Crippen molar-refractivity contribution in [1.29, 1.82) is 0 Å². The molecule has 4 aromatic carbocycles. The second kappa shape index (κ2) is 43.0. The zero-order valence-corrected chi connectivity index (χ0v) is 42.2. The number of rotatable bonds is 23. The van der Waals surface area contributed by atoms with Gasteiger partial charge in [0.05, 0.1) is 14.2 Å². The van der Waals surface area contributed by atoms with E-state index in [-0.39, 0.29) is 19.8 Å². The van der Waals surface area contributed by atoms with Gasteiger partial charge in [-0.25, -0.2) is 0 Å². The largest absolute Gasteiger partial charge is 0.496 e. The summed E-state index contributed by atoms with van der Waals surface area (Å²) in [5.41, 5.74) is 7.47. The molecule has 0 spiro atoms. The van der Waals surface area contributed by atoms with Crippen LogP contribution in [0.4, 0.5) is 11.4 Å². The molecule has 0 heterocycles. The number of carbonyl (C=O) groups excluding carboxylic acids is 2. The summed E-state index contributed by atoms with van der Waals surface area (Å²) < 4.78 is 16.2. The molecule has 0 fully saturated rings. The summed E-state index contributed by atoms with van der Waals surface area (Å²) >= 11 is 0. The van der Waals surface area contributed by atoms with E-state index in [1.165, 1.54) is 69.7 Å². The number of nitrogens with zero attached hydrogens (tertiary/aromatic N) is 2. The van der Waals surface area contributed by atoms with Crippen LogP contribution in [0.25, 0.3) is 24.3 Å². The predicted molar refractivity (Wildman–Crippen MR) is 296 cm³/mol. The van der Waals surface area contributed by atoms with Gasteiger partial charge in [0.25, 0.3) is 5.97 Å². The van der Waals surface area contributed by atoms with Gasteiger partial charge in [-0.3, -0.25) is 14.4 Å². The van der Waals surface area contributed by atoms with E-state index >= 15 is 0 Å². The molecule has 9 heteroatoms. The Labute approximate surface area is 412 Å². The summed E-state index contributed by atoms with van der Waals surface area (Å²) in [6.45, 7) is 33.7. The van der Waals surface area contributed by atoms with Crippen molar-refractivity contribution in [2.24, 2.45) is 0 Å². The number of hydrogen-bond donors (Lipinski definition) is 1. The summed E-state index contributed by atoms with van der Waals surface area (Å²) in [5, 5.41) is 7.42. The predicted octanol–water partition coefficient (Wildman–Crippen LogP) is 15.4. The molecule has 0 unspecified atom stereocenters. The molecule has 0 bridgehead atoms. The highest BCUT2D eigenvalue weighted by atomic mass is 16.5. The van der Waals surface area contributed by atoms with Crippen LogP contribution < -0.4 is 19.3 Å². The minimum atomic E-state index is -0.833. The van der Waals surface area contributed by atoms with Crippen molar-refractivity contribution in [2.45, 2.75) is 100 Å². The molecule has 0 aliphatic rings. The monoisotopic (exact) mass is 935 g/mol. The number of methoxy groups -OCH3 is 2. The first kappa shape index (κ1) is 65.7. The van der Waals surface area contributed by atoms with Crippen molar-refractivity contribution in [2.75, 3.05) is 56.8 Å². The molecular formula is C59H86N2O7. The number of ether oxygens (including phenoxy) is 3. The van der Waals surface area contributed by atoms with Gasteiger partial charge in [0.1, 0.15) is 11.5 Å². The van der Waals surface area contributed by atoms with E-state index in [4.69, 9.17) is 19.4 Å². The lowest BCUT2D eigenvalue weighted by Gasteiger charge is -2.24. The average molecular weight is 935 g/mol. The SMILES string of the molecule is C.C=C.C=C.C=C.CC(=O)O.CC(=O)OCC(=O)c1ccccc1.CCCCN(CCCC)c1ccc(/C=C/c2cc(OC)c(/C=C/c3ccc(N(CCCC)CCCC)cc3)cc2OC)cc1. The minimum absolute atomic E-state index is 0. The number of unbranched alkanes of at least 4 members (excludes halogenated alkanes) is 4. The third-order valence-corrected chi connectivity index (χ3v) is 9.64. The number of aliphatic carboxylic acids is 1. The van der Waals surface area contributed by atoms with E-state index in [0.29, 0.717) is 5.56 Å². The Hall–Kier alpha value is -6.61. The van der Waals surface area contributed by atoms with Gasteiger partial charge in [-0.2, -0.15) is 0 Å². The van der Waals surface area contributed by atoms with Crippen molar-refractivity contribution in [3.8, 4) is 11.5 Å². The van der Waals surface area contributed by atoms with Crippen molar-refractivity contribution >= 4 is 53.4 Å². The number of hydrogen-bond acceptors (Lipinski definition) is 8. The van der Waals surface area contributed by atoms with Gasteiger partial charge in [-0.1, -0.05) is 140 Å². The fourth-order valence-electron chi connectivity index (χ4n) is 6.18. The summed E-state index contributed by atoms with van der Waals surface area (Å²) in [7, 11) is 3.45. The van der Waals surface area contributed by atoms with E-state index in [1.807, 2.05) is 6.07 Å². The van der Waals surface area contributed by atoms with Crippen molar-refractivity contribution < 1.29 is 33.7 Å². The summed E-state index contributed by atoms with van der Waals surface area (Å²) in [5.74, 6) is 0.183. The average Bonchev–Trinajstić information content (AvgIpc) is 3.36. The van der Waals surface area contributed by atoms with Crippen molar-refractivity contribution in [3.63, 3.8) is 0 Å². The molecule has 0 aliphatic carbocycles. The molecule has 374 valence electrons. The van der Waals surface area contributed by atoms with E-state index in [2.05, 4.69) is 167 Å². The van der Waals surface area contributed by atoms with Gasteiger partial charge in [-0.15, -0.1) is 39.5 Å². The molecule has 0 radical (unpaired) electrons. The maximum Gasteiger partial charge on any atom is 0.303 e. The summed E-state index contributed by atoms with van der Waals surface area (Å²) in [6, 6.07) is 30.6. The second-order valence-electron chi connectivity index (χ2n) is 14.7. The summed E-state index contributed by atoms with van der Waals surface area (Å²) in [6.07, 6.45) is 18.3. The molecule has 0 amide bonds. The number of benzene rings is 4. The standard InChI is InChI=1S/C40H56N2O2.C10H10O3.C2H4O2.3C2H4.CH4/c1-7-11-27-41(28-12-8-2)37-23-17-33(18-24-37)15-21-35-31-40(44-6)36(32-39(35)43-5)22-16-34-19-25-38(26-20-34)42(29-13-9-3)30-14-10-4;1-8(11)13-7-10(12)9-5-3-2-4-6-9;1-2(3)4;3*1-2;/h15-26,31-32H,7-14,27-30H2,1-6H3;2-6H,7H2,1H3;1H3,(H,3,4);3*1-2H2;1H4/b21-15+,22-16+;;;;;;. The van der Waals surface area contributed by atoms with Crippen LogP contribution in [0.1, 0.15) is 133 Å². The van der Waals surface area contributed by atoms with Crippen LogP contribution in [0.2, 0.25) is 0 Å². The number of carbonyl (C=O) groups is 3. The topological polar surface area (TPSA) is 106 Å². The van der Waals surface area contributed by atoms with Gasteiger partial charge in [0.2, 0.25) is 0 Å². The number of esters is 1. The number of carboxylic acid groups (broad SMARTS) is 1. The van der Waals surface area contributed by atoms with E-state index < -0.39 is 11.9 Å². The number of anilines is 2. The van der Waals surface area contributed by atoms with Crippen LogP contribution in [0.5, 0.6) is 11.5 Å². The highest BCUT2D eigenvalue weighted by Gasteiger charge is 2.10. The summed E-state index contributed by atoms with van der Waals surface area (Å²) in [4.78, 5) is 35.7. The Kier molecular flexibility index (Phi) is 41.5. The molecule has 4 aromatic rings. The lowest BCUT2D eigenvalue weighted by Crippen LogP contribution is -2.25. The Morgan fingerprint density at radius 3 is 1.15 bits per heavy atom. The van der Waals surface area contributed by atoms with E-state index in [0.717, 1.165) is 66.9 Å². The second-order valence-corrected chi connectivity index (χ2v) is 14.7. The highest BCUT2D eigenvalue weighted by Crippen LogP contribution is 2.32. The van der Waals surface area contributed by atoms with Crippen LogP contribution in [0.15, 0.2) is 130 Å². The minimum Gasteiger partial charge on any atom is -0.496 e. The molecule has 4 rings (SSSR count). The van der Waals surface area contributed by atoms with Crippen LogP contribution in [0, 0.1) is 0 Å². The van der Waals surface area contributed by atoms with E-state index in [1.54, 1.807) is 38.5 Å². The van der Waals surface area contributed by atoms with Crippen LogP contribution in [-0.4, -0.2) is 69.8 Å². The number of Topliss-reactive ketones (excluding diaryl/α,β-unsaturated/α-hetero) is 1. The lowest BCUT2D eigenvalue weighted by atomic mass is 10.0. The molecule has 0 aliphatic heterocycles. The molecule has 68 heavy (non-hydrogen) atoms. The quantitative estimate of drug-likeness (QED) is 0.0337. The number of ketones is 1. The maximum absolute atomic E-state index is 11.3. The van der Waals surface area contributed by atoms with E-state index in [9.17, 15) is 9.59 Å². The Balaban J connectivity index is -0.00000146. The molecule has 0 saturated carbocycles. The zero-order valence-electron chi connectivity index (χ0n) is 42.2. The van der Waals surface area contributed by atoms with Crippen LogP contribution >= 0.6 is 0 Å². The van der Waals surface area contributed by atoms with Crippen LogP contribution in [-0.2, 0) is 14.3 Å².